The van der Waals surface area contributed by atoms with Crippen molar-refractivity contribution in [1.82, 2.24) is 19.7 Å². The molecule has 8 heteroatoms. The third-order valence-corrected chi connectivity index (χ3v) is 3.25. The fourth-order valence-corrected chi connectivity index (χ4v) is 1.93. The van der Waals surface area contributed by atoms with Crippen molar-refractivity contribution in [3.05, 3.63) is 16.3 Å². The number of hydrogen-bond acceptors (Lipinski definition) is 5. The number of amides is 1. The Kier molecular flexibility index (Phi) is 3.22. The number of carbonyl (C=O) groups excluding carboxylic acids is 1. The van der Waals surface area contributed by atoms with Crippen LogP contribution in [0.15, 0.2) is 4.79 Å². The lowest BCUT2D eigenvalue weighted by Gasteiger charge is -2.36. The Morgan fingerprint density at radius 3 is 2.56 bits per heavy atom. The van der Waals surface area contributed by atoms with Gasteiger partial charge in [-0.2, -0.15) is 0 Å². The summed E-state index contributed by atoms with van der Waals surface area (Å²) in [6, 6.07) is 0. The minimum Gasteiger partial charge on any atom is -0.393 e. The standard InChI is InChI=1S/C10H16N4O4/c1-13-9(17)11-7(12-13)8(16)14-4-2-10(18,6-15)3-5-14/h15,18H,2-6H2,1H3,(H,11,12,17). The minimum atomic E-state index is -1.10. The Bertz CT molecular complexity index is 498. The molecule has 0 aromatic carbocycles. The van der Waals surface area contributed by atoms with Crippen LogP contribution >= 0.6 is 0 Å². The SMILES string of the molecule is Cn1nc(C(=O)N2CCC(O)(CO)CC2)[nH]c1=O. The van der Waals surface area contributed by atoms with Crippen LogP contribution in [0.3, 0.4) is 0 Å². The first kappa shape index (κ1) is 12.8. The zero-order valence-electron chi connectivity index (χ0n) is 10.1. The van der Waals surface area contributed by atoms with Gasteiger partial charge in [-0.3, -0.25) is 9.78 Å². The van der Waals surface area contributed by atoms with E-state index in [-0.39, 0.29) is 18.3 Å². The van der Waals surface area contributed by atoms with Gasteiger partial charge in [0.1, 0.15) is 0 Å². The van der Waals surface area contributed by atoms with Crippen LogP contribution in [0.5, 0.6) is 0 Å². The zero-order valence-corrected chi connectivity index (χ0v) is 10.1. The number of H-pyrrole nitrogens is 1. The molecule has 1 aromatic rings. The highest BCUT2D eigenvalue weighted by Gasteiger charge is 2.34. The molecular formula is C10H16N4O4. The number of likely N-dealkylation sites (tertiary alicyclic amines) is 1. The largest absolute Gasteiger partial charge is 0.393 e. The Morgan fingerprint density at radius 2 is 2.11 bits per heavy atom. The van der Waals surface area contributed by atoms with Gasteiger partial charge in [-0.25, -0.2) is 9.48 Å². The van der Waals surface area contributed by atoms with Gasteiger partial charge in [0.15, 0.2) is 0 Å². The summed E-state index contributed by atoms with van der Waals surface area (Å²) in [6.45, 7) is 0.346. The Balaban J connectivity index is 2.06. The fourth-order valence-electron chi connectivity index (χ4n) is 1.93. The summed E-state index contributed by atoms with van der Waals surface area (Å²) in [5, 5.41) is 22.6. The number of hydrogen-bond donors (Lipinski definition) is 3. The molecule has 0 unspecified atom stereocenters. The summed E-state index contributed by atoms with van der Waals surface area (Å²) in [5.41, 5.74) is -1.55. The first-order valence-corrected chi connectivity index (χ1v) is 5.71. The molecule has 100 valence electrons. The summed E-state index contributed by atoms with van der Waals surface area (Å²) in [5.74, 6) is -0.371. The van der Waals surface area contributed by atoms with Crippen LogP contribution in [0.25, 0.3) is 0 Å². The van der Waals surface area contributed by atoms with Crippen molar-refractivity contribution in [2.24, 2.45) is 7.05 Å². The predicted molar refractivity (Wildman–Crippen MR) is 61.0 cm³/mol. The van der Waals surface area contributed by atoms with Gasteiger partial charge < -0.3 is 15.1 Å². The average molecular weight is 256 g/mol. The van der Waals surface area contributed by atoms with E-state index in [0.29, 0.717) is 25.9 Å². The Hall–Kier alpha value is -1.67. The second kappa shape index (κ2) is 4.54. The van der Waals surface area contributed by atoms with E-state index in [1.54, 1.807) is 0 Å². The number of nitrogens with one attached hydrogen (secondary N) is 1. The minimum absolute atomic E-state index is 0.00283. The van der Waals surface area contributed by atoms with E-state index in [1.165, 1.54) is 11.9 Å². The maximum atomic E-state index is 12.0. The van der Waals surface area contributed by atoms with Crippen LogP contribution in [0.2, 0.25) is 0 Å². The molecule has 2 heterocycles. The quantitative estimate of drug-likeness (QED) is 0.570. The molecule has 1 saturated heterocycles. The highest BCUT2D eigenvalue weighted by molar-refractivity contribution is 5.90. The van der Waals surface area contributed by atoms with Crippen molar-refractivity contribution < 1.29 is 15.0 Å². The smallest absolute Gasteiger partial charge is 0.343 e. The number of aliphatic hydroxyl groups is 2. The topological polar surface area (TPSA) is 111 Å². The lowest BCUT2D eigenvalue weighted by molar-refractivity contribution is -0.0547. The lowest BCUT2D eigenvalue weighted by atomic mass is 9.92. The third kappa shape index (κ3) is 2.29. The Morgan fingerprint density at radius 1 is 1.50 bits per heavy atom. The molecule has 18 heavy (non-hydrogen) atoms. The van der Waals surface area contributed by atoms with E-state index in [1.807, 2.05) is 0 Å². The molecule has 1 aromatic heterocycles. The molecule has 1 aliphatic heterocycles. The second-order valence-corrected chi connectivity index (χ2v) is 4.58. The maximum Gasteiger partial charge on any atom is 0.343 e. The summed E-state index contributed by atoms with van der Waals surface area (Å²) in [7, 11) is 1.45. The van der Waals surface area contributed by atoms with Gasteiger partial charge >= 0.3 is 5.69 Å². The van der Waals surface area contributed by atoms with Gasteiger partial charge in [0, 0.05) is 20.1 Å². The molecule has 0 aliphatic carbocycles. The van der Waals surface area contributed by atoms with Gasteiger partial charge in [0.25, 0.3) is 5.91 Å². The number of aromatic nitrogens is 3. The van der Waals surface area contributed by atoms with Gasteiger partial charge in [0.2, 0.25) is 5.82 Å². The highest BCUT2D eigenvalue weighted by Crippen LogP contribution is 2.21. The molecule has 0 bridgehead atoms. The van der Waals surface area contributed by atoms with E-state index in [9.17, 15) is 14.7 Å². The highest BCUT2D eigenvalue weighted by atomic mass is 16.3. The number of rotatable bonds is 2. The summed E-state index contributed by atoms with van der Waals surface area (Å²) in [4.78, 5) is 27.0. The van der Waals surface area contributed by atoms with E-state index in [2.05, 4.69) is 10.1 Å². The zero-order chi connectivity index (χ0) is 13.3. The van der Waals surface area contributed by atoms with Crippen LogP contribution < -0.4 is 5.69 Å². The molecule has 0 spiro atoms. The number of piperidine rings is 1. The molecule has 0 radical (unpaired) electrons. The lowest BCUT2D eigenvalue weighted by Crippen LogP contribution is -2.48. The van der Waals surface area contributed by atoms with Crippen LogP contribution in [-0.4, -0.2) is 61.1 Å². The fraction of sp³-hybridized carbons (Fsp3) is 0.700. The molecule has 8 nitrogen and oxygen atoms in total. The van der Waals surface area contributed by atoms with Crippen molar-refractivity contribution >= 4 is 5.91 Å². The number of nitrogens with zero attached hydrogens (tertiary/aromatic N) is 3. The Labute approximate surface area is 103 Å². The summed E-state index contributed by atoms with van der Waals surface area (Å²) < 4.78 is 1.06. The van der Waals surface area contributed by atoms with Crippen molar-refractivity contribution in [2.75, 3.05) is 19.7 Å². The van der Waals surface area contributed by atoms with Crippen molar-refractivity contribution in [3.8, 4) is 0 Å². The predicted octanol–water partition coefficient (Wildman–Crippen LogP) is -1.93. The maximum absolute atomic E-state index is 12.0. The first-order valence-electron chi connectivity index (χ1n) is 5.71. The van der Waals surface area contributed by atoms with Crippen molar-refractivity contribution in [1.29, 1.82) is 0 Å². The number of aliphatic hydroxyl groups excluding tert-OH is 1. The normalized spacial score (nSPS) is 18.9. The van der Waals surface area contributed by atoms with E-state index >= 15 is 0 Å². The number of aromatic amines is 1. The summed E-state index contributed by atoms with van der Waals surface area (Å²) >= 11 is 0. The van der Waals surface area contributed by atoms with Gasteiger partial charge in [-0.15, -0.1) is 5.10 Å². The molecule has 1 amide bonds. The van der Waals surface area contributed by atoms with Crippen LogP contribution in [0, 0.1) is 0 Å². The summed E-state index contributed by atoms with van der Waals surface area (Å²) in [6.07, 6.45) is 0.624. The van der Waals surface area contributed by atoms with Crippen molar-refractivity contribution in [2.45, 2.75) is 18.4 Å². The first-order chi connectivity index (χ1) is 8.45. The number of aryl methyl sites for hydroxylation is 1. The average Bonchev–Trinajstić information content (AvgIpc) is 2.70. The van der Waals surface area contributed by atoms with E-state index < -0.39 is 11.3 Å². The van der Waals surface area contributed by atoms with Crippen molar-refractivity contribution in [3.63, 3.8) is 0 Å². The molecular weight excluding hydrogens is 240 g/mol. The van der Waals surface area contributed by atoms with E-state index in [0.717, 1.165) is 4.68 Å². The molecule has 0 atom stereocenters. The third-order valence-electron chi connectivity index (χ3n) is 3.25. The molecule has 1 fully saturated rings. The van der Waals surface area contributed by atoms with Crippen LogP contribution in [0.1, 0.15) is 23.5 Å². The van der Waals surface area contributed by atoms with Crippen LogP contribution in [0.4, 0.5) is 0 Å². The molecule has 1 aliphatic rings. The second-order valence-electron chi connectivity index (χ2n) is 4.58. The van der Waals surface area contributed by atoms with Gasteiger partial charge in [-0.05, 0) is 12.8 Å². The molecule has 3 N–H and O–H groups in total. The van der Waals surface area contributed by atoms with Gasteiger partial charge in [0.05, 0.1) is 12.2 Å². The van der Waals surface area contributed by atoms with Crippen LogP contribution in [-0.2, 0) is 7.05 Å². The number of carbonyl (C=O) groups is 1. The van der Waals surface area contributed by atoms with Gasteiger partial charge in [-0.1, -0.05) is 0 Å². The molecule has 0 saturated carbocycles. The van der Waals surface area contributed by atoms with E-state index in [4.69, 9.17) is 5.11 Å². The molecule has 2 rings (SSSR count). The monoisotopic (exact) mass is 256 g/mol.